The van der Waals surface area contributed by atoms with E-state index >= 15 is 0 Å². The van der Waals surface area contributed by atoms with E-state index in [2.05, 4.69) is 26.1 Å². The van der Waals surface area contributed by atoms with Gasteiger partial charge < -0.3 is 14.6 Å². The van der Waals surface area contributed by atoms with Gasteiger partial charge in [-0.25, -0.2) is 0 Å². The third-order valence-electron chi connectivity index (χ3n) is 4.25. The van der Waals surface area contributed by atoms with Crippen LogP contribution in [-0.2, 0) is 17.9 Å². The molecule has 0 spiro atoms. The maximum absolute atomic E-state index is 12.2. The zero-order valence-electron chi connectivity index (χ0n) is 13.5. The summed E-state index contributed by atoms with van der Waals surface area (Å²) in [6.07, 6.45) is 4.01. The van der Waals surface area contributed by atoms with Crippen molar-refractivity contribution in [1.82, 2.24) is 10.2 Å². The van der Waals surface area contributed by atoms with E-state index in [-0.39, 0.29) is 5.91 Å². The largest absolute Gasteiger partial charge is 0.463 e. The molecule has 4 nitrogen and oxygen atoms in total. The first-order valence-electron chi connectivity index (χ1n) is 8.17. The minimum absolute atomic E-state index is 0.268. The molecule has 0 aliphatic carbocycles. The quantitative estimate of drug-likeness (QED) is 0.875. The second kappa shape index (κ2) is 7.64. The molecule has 0 radical (unpaired) electrons. The van der Waals surface area contributed by atoms with Crippen molar-refractivity contribution < 1.29 is 9.21 Å². The van der Waals surface area contributed by atoms with Gasteiger partial charge in [-0.15, -0.1) is 0 Å². The Balaban J connectivity index is 1.89. The van der Waals surface area contributed by atoms with Crippen LogP contribution in [-0.4, -0.2) is 23.4 Å². The van der Waals surface area contributed by atoms with Gasteiger partial charge >= 0.3 is 0 Å². The summed E-state index contributed by atoms with van der Waals surface area (Å²) in [6.45, 7) is 8.65. The molecule has 1 aromatic heterocycles. The maximum atomic E-state index is 12.2. The molecule has 0 aromatic carbocycles. The highest BCUT2D eigenvalue weighted by Gasteiger charge is 2.22. The molecule has 21 heavy (non-hydrogen) atoms. The minimum Gasteiger partial charge on any atom is -0.463 e. The maximum Gasteiger partial charge on any atom is 0.222 e. The van der Waals surface area contributed by atoms with E-state index in [1.54, 1.807) is 0 Å². The molecule has 1 aliphatic rings. The lowest BCUT2D eigenvalue weighted by atomic mass is 9.98. The molecule has 1 aliphatic heterocycles. The monoisotopic (exact) mass is 292 g/mol. The Hall–Kier alpha value is -1.29. The number of carbonyl (C=O) groups excluding carboxylic acids is 1. The van der Waals surface area contributed by atoms with Gasteiger partial charge in [0.2, 0.25) is 5.91 Å². The number of hydrogen-bond acceptors (Lipinski definition) is 3. The summed E-state index contributed by atoms with van der Waals surface area (Å²) in [4.78, 5) is 14.1. The average Bonchev–Trinajstić information content (AvgIpc) is 2.83. The Kier molecular flexibility index (Phi) is 5.85. The van der Waals surface area contributed by atoms with Crippen LogP contribution in [0, 0.1) is 5.92 Å². The summed E-state index contributed by atoms with van der Waals surface area (Å²) in [7, 11) is 0. The molecule has 4 heteroatoms. The molecule has 1 N–H and O–H groups in total. The normalized spacial score (nSPS) is 20.1. The summed E-state index contributed by atoms with van der Waals surface area (Å²) in [5, 5.41) is 3.34. The zero-order valence-corrected chi connectivity index (χ0v) is 13.5. The summed E-state index contributed by atoms with van der Waals surface area (Å²) in [5.74, 6) is 2.79. The van der Waals surface area contributed by atoms with Crippen molar-refractivity contribution in [2.75, 3.05) is 6.54 Å². The lowest BCUT2D eigenvalue weighted by molar-refractivity contribution is -0.131. The number of carbonyl (C=O) groups is 1. The number of hydrogen-bond donors (Lipinski definition) is 1. The number of amides is 1. The van der Waals surface area contributed by atoms with Crippen molar-refractivity contribution in [2.45, 2.75) is 65.6 Å². The van der Waals surface area contributed by atoms with Crippen molar-refractivity contribution in [1.29, 1.82) is 0 Å². The molecular weight excluding hydrogens is 264 g/mol. The van der Waals surface area contributed by atoms with Gasteiger partial charge in [-0.2, -0.15) is 0 Å². The number of nitrogens with zero attached hydrogens (tertiary/aromatic N) is 1. The Morgan fingerprint density at radius 1 is 1.33 bits per heavy atom. The van der Waals surface area contributed by atoms with Gasteiger partial charge in [-0.1, -0.05) is 27.2 Å². The van der Waals surface area contributed by atoms with Crippen LogP contribution in [0.15, 0.2) is 16.5 Å². The van der Waals surface area contributed by atoms with E-state index in [4.69, 9.17) is 4.42 Å². The molecule has 1 atom stereocenters. The van der Waals surface area contributed by atoms with E-state index in [0.29, 0.717) is 24.9 Å². The van der Waals surface area contributed by atoms with Crippen LogP contribution in [0.5, 0.6) is 0 Å². The first-order chi connectivity index (χ1) is 10.1. The molecule has 2 rings (SSSR count). The molecule has 1 amide bonds. The molecule has 2 heterocycles. The topological polar surface area (TPSA) is 45.5 Å². The van der Waals surface area contributed by atoms with Crippen LogP contribution in [0.3, 0.4) is 0 Å². The van der Waals surface area contributed by atoms with Crippen molar-refractivity contribution in [3.63, 3.8) is 0 Å². The minimum atomic E-state index is 0.268. The van der Waals surface area contributed by atoms with Crippen LogP contribution in [0.4, 0.5) is 0 Å². The van der Waals surface area contributed by atoms with Gasteiger partial charge in [0.25, 0.3) is 0 Å². The molecule has 1 unspecified atom stereocenters. The van der Waals surface area contributed by atoms with E-state index < -0.39 is 0 Å². The first kappa shape index (κ1) is 16.1. The Morgan fingerprint density at radius 3 is 2.81 bits per heavy atom. The fraction of sp³-hybridized carbons (Fsp3) is 0.706. The van der Waals surface area contributed by atoms with Gasteiger partial charge in [0, 0.05) is 19.0 Å². The SMILES string of the molecule is CCC1CCC(=O)N(Cc2ccc(CNC(C)C)o2)CC1. The predicted octanol–water partition coefficient (Wildman–Crippen LogP) is 3.32. The van der Waals surface area contributed by atoms with Crippen molar-refractivity contribution in [2.24, 2.45) is 5.92 Å². The van der Waals surface area contributed by atoms with Crippen molar-refractivity contribution in [3.05, 3.63) is 23.7 Å². The number of nitrogens with one attached hydrogen (secondary N) is 1. The fourth-order valence-corrected chi connectivity index (χ4v) is 2.76. The van der Waals surface area contributed by atoms with Crippen LogP contribution >= 0.6 is 0 Å². The highest BCUT2D eigenvalue weighted by Crippen LogP contribution is 2.22. The summed E-state index contributed by atoms with van der Waals surface area (Å²) < 4.78 is 5.82. The predicted molar refractivity (Wildman–Crippen MR) is 83.7 cm³/mol. The van der Waals surface area contributed by atoms with Gasteiger partial charge in [0.05, 0.1) is 13.1 Å². The van der Waals surface area contributed by atoms with Gasteiger partial charge in [-0.05, 0) is 30.9 Å². The van der Waals surface area contributed by atoms with Gasteiger partial charge in [-0.3, -0.25) is 4.79 Å². The second-order valence-corrected chi connectivity index (χ2v) is 6.32. The van der Waals surface area contributed by atoms with Crippen molar-refractivity contribution >= 4 is 5.91 Å². The lowest BCUT2D eigenvalue weighted by Crippen LogP contribution is -2.29. The Bertz CT molecular complexity index is 453. The van der Waals surface area contributed by atoms with Crippen LogP contribution in [0.1, 0.15) is 58.0 Å². The number of rotatable bonds is 6. The molecule has 1 saturated heterocycles. The molecule has 1 aromatic rings. The average molecular weight is 292 g/mol. The highest BCUT2D eigenvalue weighted by atomic mass is 16.3. The molecule has 0 bridgehead atoms. The highest BCUT2D eigenvalue weighted by molar-refractivity contribution is 5.76. The van der Waals surface area contributed by atoms with Gasteiger partial charge in [0.1, 0.15) is 11.5 Å². The van der Waals surface area contributed by atoms with E-state index in [1.165, 1.54) is 6.42 Å². The Morgan fingerprint density at radius 2 is 2.10 bits per heavy atom. The van der Waals surface area contributed by atoms with E-state index in [0.717, 1.165) is 37.5 Å². The fourth-order valence-electron chi connectivity index (χ4n) is 2.76. The second-order valence-electron chi connectivity index (χ2n) is 6.32. The van der Waals surface area contributed by atoms with E-state index in [9.17, 15) is 4.79 Å². The molecule has 0 saturated carbocycles. The van der Waals surface area contributed by atoms with Crippen LogP contribution in [0.25, 0.3) is 0 Å². The van der Waals surface area contributed by atoms with Crippen LogP contribution < -0.4 is 5.32 Å². The number of furan rings is 1. The molecular formula is C17H28N2O2. The van der Waals surface area contributed by atoms with E-state index in [1.807, 2.05) is 17.0 Å². The third kappa shape index (κ3) is 4.88. The zero-order chi connectivity index (χ0) is 15.2. The first-order valence-corrected chi connectivity index (χ1v) is 8.17. The lowest BCUT2D eigenvalue weighted by Gasteiger charge is -2.19. The number of likely N-dealkylation sites (tertiary alicyclic amines) is 1. The third-order valence-corrected chi connectivity index (χ3v) is 4.25. The standard InChI is InChI=1S/C17H28N2O2/c1-4-14-5-8-17(20)19(10-9-14)12-16-7-6-15(21-16)11-18-13(2)3/h6-7,13-14,18H,4-5,8-12H2,1-3H3. The Labute approximate surface area is 127 Å². The smallest absolute Gasteiger partial charge is 0.222 e. The van der Waals surface area contributed by atoms with Crippen LogP contribution in [0.2, 0.25) is 0 Å². The summed E-state index contributed by atoms with van der Waals surface area (Å²) in [5.41, 5.74) is 0. The molecule has 118 valence electrons. The summed E-state index contributed by atoms with van der Waals surface area (Å²) in [6, 6.07) is 4.44. The summed E-state index contributed by atoms with van der Waals surface area (Å²) >= 11 is 0. The van der Waals surface area contributed by atoms with Crippen molar-refractivity contribution in [3.8, 4) is 0 Å². The van der Waals surface area contributed by atoms with Gasteiger partial charge in [0.15, 0.2) is 0 Å². The molecule has 1 fully saturated rings.